The van der Waals surface area contributed by atoms with Gasteiger partial charge in [-0.25, -0.2) is 9.97 Å². The summed E-state index contributed by atoms with van der Waals surface area (Å²) in [6.07, 6.45) is 1.99. The number of ether oxygens (including phenoxy) is 1. The van der Waals surface area contributed by atoms with Crippen molar-refractivity contribution in [2.24, 2.45) is 0 Å². The van der Waals surface area contributed by atoms with Gasteiger partial charge in [-0.2, -0.15) is 0 Å². The van der Waals surface area contributed by atoms with Crippen LogP contribution in [0.15, 0.2) is 12.3 Å². The van der Waals surface area contributed by atoms with E-state index in [4.69, 9.17) is 16.3 Å². The summed E-state index contributed by atoms with van der Waals surface area (Å²) in [5.74, 6) is 1.26. The van der Waals surface area contributed by atoms with Gasteiger partial charge in [-0.05, 0) is 25.1 Å². The van der Waals surface area contributed by atoms with E-state index >= 15 is 0 Å². The first kappa shape index (κ1) is 14.8. The summed E-state index contributed by atoms with van der Waals surface area (Å²) >= 11 is 6.07. The Balaban J connectivity index is 1.90. The predicted octanol–water partition coefficient (Wildman–Crippen LogP) is 2.20. The Bertz CT molecular complexity index is 627. The highest BCUT2D eigenvalue weighted by atomic mass is 35.5. The number of nitrogens with zero attached hydrogens (tertiary/aromatic N) is 4. The minimum absolute atomic E-state index is 0.167. The van der Waals surface area contributed by atoms with Crippen molar-refractivity contribution in [3.05, 3.63) is 23.7 Å². The maximum atomic E-state index is 6.07. The molecule has 1 aliphatic heterocycles. The smallest absolute Gasteiger partial charge is 0.160 e. The monoisotopic (exact) mass is 308 g/mol. The molecule has 6 heteroatoms. The fraction of sp³-hybridized carbons (Fsp3) is 0.600. The van der Waals surface area contributed by atoms with E-state index in [1.54, 1.807) is 0 Å². The molecule has 114 valence electrons. The average molecular weight is 309 g/mol. The molecule has 0 amide bonds. The molecule has 0 bridgehead atoms. The minimum Gasteiger partial charge on any atom is -0.374 e. The van der Waals surface area contributed by atoms with Crippen molar-refractivity contribution in [2.75, 3.05) is 26.2 Å². The molecule has 0 spiro atoms. The van der Waals surface area contributed by atoms with Crippen LogP contribution >= 0.6 is 11.6 Å². The summed E-state index contributed by atoms with van der Waals surface area (Å²) in [5, 5.41) is 0. The molecule has 0 N–H and O–H groups in total. The number of likely N-dealkylation sites (N-methyl/N-ethyl adjacent to an activating group) is 1. The Kier molecular flexibility index (Phi) is 4.42. The topological polar surface area (TPSA) is 43.2 Å². The predicted molar refractivity (Wildman–Crippen MR) is 83.7 cm³/mol. The van der Waals surface area contributed by atoms with Crippen LogP contribution in [0.25, 0.3) is 11.2 Å². The van der Waals surface area contributed by atoms with Gasteiger partial charge in [-0.1, -0.05) is 6.92 Å². The second-order valence-electron chi connectivity index (χ2n) is 5.46. The zero-order valence-corrected chi connectivity index (χ0v) is 13.3. The number of hydrogen-bond donors (Lipinski definition) is 0. The second-order valence-corrected chi connectivity index (χ2v) is 5.73. The third-order valence-corrected chi connectivity index (χ3v) is 4.33. The van der Waals surface area contributed by atoms with Crippen molar-refractivity contribution < 1.29 is 4.74 Å². The van der Waals surface area contributed by atoms with Gasteiger partial charge in [0, 0.05) is 19.3 Å². The summed E-state index contributed by atoms with van der Waals surface area (Å²) in [5.41, 5.74) is 2.98. The molecule has 1 saturated heterocycles. The number of pyridine rings is 1. The first-order valence-corrected chi connectivity index (χ1v) is 7.97. The zero-order chi connectivity index (χ0) is 14.8. The molecule has 1 fully saturated rings. The molecule has 0 aromatic carbocycles. The van der Waals surface area contributed by atoms with Crippen molar-refractivity contribution in [3.8, 4) is 0 Å². The molecule has 3 rings (SSSR count). The van der Waals surface area contributed by atoms with Crippen molar-refractivity contribution in [3.63, 3.8) is 0 Å². The molecule has 3 heterocycles. The van der Waals surface area contributed by atoms with Crippen LogP contribution in [0.5, 0.6) is 0 Å². The SMILES string of the molecule is CCN1CCOC(Cn2c(CCl)nc3c(C)ccnc32)C1. The lowest BCUT2D eigenvalue weighted by Gasteiger charge is -2.32. The van der Waals surface area contributed by atoms with Crippen LogP contribution in [0.4, 0.5) is 0 Å². The number of aromatic nitrogens is 3. The number of alkyl halides is 1. The molecular weight excluding hydrogens is 288 g/mol. The van der Waals surface area contributed by atoms with E-state index < -0.39 is 0 Å². The molecule has 1 unspecified atom stereocenters. The summed E-state index contributed by atoms with van der Waals surface area (Å²) in [4.78, 5) is 11.5. The standard InChI is InChI=1S/C15H21ClN4O/c1-3-19-6-7-21-12(9-19)10-20-13(8-16)18-14-11(2)4-5-17-15(14)20/h4-5,12H,3,6-10H2,1-2H3. The molecule has 0 saturated carbocycles. The molecule has 0 aliphatic carbocycles. The van der Waals surface area contributed by atoms with Crippen molar-refractivity contribution in [2.45, 2.75) is 32.4 Å². The van der Waals surface area contributed by atoms with Crippen LogP contribution in [0.1, 0.15) is 18.3 Å². The van der Waals surface area contributed by atoms with Crippen LogP contribution in [0.3, 0.4) is 0 Å². The molecule has 2 aromatic rings. The zero-order valence-electron chi connectivity index (χ0n) is 12.5. The Hall–Kier alpha value is -1.17. The molecular formula is C15H21ClN4O. The van der Waals surface area contributed by atoms with Crippen LogP contribution in [0, 0.1) is 6.92 Å². The van der Waals surface area contributed by atoms with Crippen molar-refractivity contribution in [1.29, 1.82) is 0 Å². The maximum Gasteiger partial charge on any atom is 0.160 e. The van der Waals surface area contributed by atoms with Crippen molar-refractivity contribution in [1.82, 2.24) is 19.4 Å². The van der Waals surface area contributed by atoms with Gasteiger partial charge in [0.2, 0.25) is 0 Å². The molecule has 21 heavy (non-hydrogen) atoms. The van der Waals surface area contributed by atoms with Gasteiger partial charge in [0.15, 0.2) is 5.65 Å². The van der Waals surface area contributed by atoms with E-state index in [2.05, 4.69) is 33.3 Å². The summed E-state index contributed by atoms with van der Waals surface area (Å²) < 4.78 is 8.01. The number of rotatable bonds is 4. The van der Waals surface area contributed by atoms with Crippen LogP contribution in [0.2, 0.25) is 0 Å². The van der Waals surface area contributed by atoms with Gasteiger partial charge < -0.3 is 9.30 Å². The van der Waals surface area contributed by atoms with Crippen LogP contribution in [-0.4, -0.2) is 51.8 Å². The van der Waals surface area contributed by atoms with Gasteiger partial charge in [0.1, 0.15) is 11.3 Å². The summed E-state index contributed by atoms with van der Waals surface area (Å²) in [6.45, 7) is 8.80. The highest BCUT2D eigenvalue weighted by Gasteiger charge is 2.22. The lowest BCUT2D eigenvalue weighted by molar-refractivity contribution is -0.0341. The van der Waals surface area contributed by atoms with Gasteiger partial charge in [-0.15, -0.1) is 11.6 Å². The number of aryl methyl sites for hydroxylation is 1. The highest BCUT2D eigenvalue weighted by Crippen LogP contribution is 2.20. The van der Waals surface area contributed by atoms with E-state index in [0.29, 0.717) is 5.88 Å². The molecule has 1 aliphatic rings. The fourth-order valence-corrected chi connectivity index (χ4v) is 3.06. The van der Waals surface area contributed by atoms with E-state index in [-0.39, 0.29) is 6.10 Å². The normalized spacial score (nSPS) is 20.2. The molecule has 2 aromatic heterocycles. The molecule has 1 atom stereocenters. The first-order chi connectivity index (χ1) is 10.2. The van der Waals surface area contributed by atoms with E-state index in [1.165, 1.54) is 0 Å². The lowest BCUT2D eigenvalue weighted by Crippen LogP contribution is -2.44. The molecule has 0 radical (unpaired) electrons. The van der Waals surface area contributed by atoms with Crippen molar-refractivity contribution >= 4 is 22.8 Å². The van der Waals surface area contributed by atoms with Crippen LogP contribution in [-0.2, 0) is 17.2 Å². The number of morpholine rings is 1. The third kappa shape index (κ3) is 2.91. The number of hydrogen-bond acceptors (Lipinski definition) is 4. The van der Waals surface area contributed by atoms with Gasteiger partial charge in [0.25, 0.3) is 0 Å². The Morgan fingerprint density at radius 2 is 2.33 bits per heavy atom. The summed E-state index contributed by atoms with van der Waals surface area (Å²) in [6, 6.07) is 1.98. The summed E-state index contributed by atoms with van der Waals surface area (Å²) in [7, 11) is 0. The third-order valence-electron chi connectivity index (χ3n) is 4.09. The Morgan fingerprint density at radius 1 is 1.48 bits per heavy atom. The van der Waals surface area contributed by atoms with E-state index in [9.17, 15) is 0 Å². The van der Waals surface area contributed by atoms with Gasteiger partial charge >= 0.3 is 0 Å². The minimum atomic E-state index is 0.167. The van der Waals surface area contributed by atoms with E-state index in [0.717, 1.165) is 55.3 Å². The number of fused-ring (bicyclic) bond motifs is 1. The number of imidazole rings is 1. The van der Waals surface area contributed by atoms with Gasteiger partial charge in [-0.3, -0.25) is 4.90 Å². The largest absolute Gasteiger partial charge is 0.374 e. The fourth-order valence-electron chi connectivity index (χ4n) is 2.86. The quantitative estimate of drug-likeness (QED) is 0.812. The Morgan fingerprint density at radius 3 is 3.10 bits per heavy atom. The maximum absolute atomic E-state index is 6.07. The Labute approximate surface area is 129 Å². The average Bonchev–Trinajstić information content (AvgIpc) is 2.87. The van der Waals surface area contributed by atoms with Gasteiger partial charge in [0.05, 0.1) is 25.1 Å². The number of halogens is 1. The highest BCUT2D eigenvalue weighted by molar-refractivity contribution is 6.16. The van der Waals surface area contributed by atoms with E-state index in [1.807, 2.05) is 12.3 Å². The lowest BCUT2D eigenvalue weighted by atomic mass is 10.2. The van der Waals surface area contributed by atoms with Crippen LogP contribution < -0.4 is 0 Å². The second kappa shape index (κ2) is 6.30. The first-order valence-electron chi connectivity index (χ1n) is 7.43. The molecule has 5 nitrogen and oxygen atoms in total.